The number of rotatable bonds is 7. The van der Waals surface area contributed by atoms with E-state index in [2.05, 4.69) is 11.6 Å². The molecule has 1 aromatic rings. The molecule has 1 atom stereocenters. The number of benzene rings is 1. The van der Waals surface area contributed by atoms with E-state index in [9.17, 15) is 8.42 Å². The minimum atomic E-state index is -3.53. The van der Waals surface area contributed by atoms with Crippen LogP contribution >= 0.6 is 0 Å². The van der Waals surface area contributed by atoms with Crippen molar-refractivity contribution in [2.24, 2.45) is 0 Å². The number of aryl methyl sites for hydroxylation is 1. The summed E-state index contributed by atoms with van der Waals surface area (Å²) in [6.07, 6.45) is 2.54. The second kappa shape index (κ2) is 6.87. The van der Waals surface area contributed by atoms with Crippen LogP contribution in [-0.4, -0.2) is 26.2 Å². The third-order valence-electron chi connectivity index (χ3n) is 2.81. The monoisotopic (exact) mass is 271 g/mol. The van der Waals surface area contributed by atoms with E-state index in [1.807, 2.05) is 19.1 Å². The van der Waals surface area contributed by atoms with Gasteiger partial charge in [0.25, 0.3) is 0 Å². The van der Waals surface area contributed by atoms with E-state index in [0.717, 1.165) is 18.4 Å². The molecule has 5 heteroatoms. The Bertz CT molecular complexity index is 450. The van der Waals surface area contributed by atoms with Gasteiger partial charge in [-0.25, -0.2) is 13.1 Å². The van der Waals surface area contributed by atoms with Gasteiger partial charge in [0, 0.05) is 6.04 Å². The van der Waals surface area contributed by atoms with Gasteiger partial charge >= 0.3 is 0 Å². The van der Waals surface area contributed by atoms with E-state index in [0.29, 0.717) is 6.42 Å². The summed E-state index contributed by atoms with van der Waals surface area (Å²) in [5.74, 6) is 0. The maximum absolute atomic E-state index is 12.0. The summed E-state index contributed by atoms with van der Waals surface area (Å²) < 4.78 is 26.5. The number of aliphatic hydroxyl groups is 1. The van der Waals surface area contributed by atoms with Gasteiger partial charge in [0.2, 0.25) is 10.0 Å². The highest BCUT2D eigenvalue weighted by Gasteiger charge is 2.18. The molecular formula is C13H21NO3S. The van der Waals surface area contributed by atoms with Crippen molar-refractivity contribution in [2.75, 3.05) is 6.61 Å². The van der Waals surface area contributed by atoms with Crippen molar-refractivity contribution in [1.82, 2.24) is 4.72 Å². The lowest BCUT2D eigenvalue weighted by Gasteiger charge is -2.14. The first-order valence-corrected chi connectivity index (χ1v) is 7.74. The molecule has 0 spiro atoms. The molecule has 1 rings (SSSR count). The van der Waals surface area contributed by atoms with Gasteiger partial charge < -0.3 is 5.11 Å². The molecule has 1 unspecified atom stereocenters. The number of nitrogens with one attached hydrogen (secondary N) is 1. The molecule has 0 aromatic heterocycles. The molecule has 0 fully saturated rings. The van der Waals surface area contributed by atoms with Crippen LogP contribution in [0.15, 0.2) is 29.2 Å². The van der Waals surface area contributed by atoms with Crippen LogP contribution < -0.4 is 4.72 Å². The summed E-state index contributed by atoms with van der Waals surface area (Å²) in [7, 11) is -3.53. The van der Waals surface area contributed by atoms with Crippen molar-refractivity contribution in [3.05, 3.63) is 29.8 Å². The van der Waals surface area contributed by atoms with Crippen LogP contribution in [0.1, 0.15) is 32.3 Å². The molecular weight excluding hydrogens is 250 g/mol. The lowest BCUT2D eigenvalue weighted by atomic mass is 10.1. The minimum absolute atomic E-state index is 0.191. The van der Waals surface area contributed by atoms with Gasteiger partial charge in [-0.3, -0.25) is 0 Å². The van der Waals surface area contributed by atoms with E-state index in [4.69, 9.17) is 5.11 Å². The standard InChI is InChI=1S/C13H21NO3S/c1-3-5-11-6-8-13(9-7-11)18(16,17)14-12(4-2)10-15/h6-9,12,14-15H,3-5,10H2,1-2H3. The van der Waals surface area contributed by atoms with Crippen LogP contribution in [0.5, 0.6) is 0 Å². The SMILES string of the molecule is CCCc1ccc(S(=O)(=O)NC(CC)CO)cc1. The summed E-state index contributed by atoms with van der Waals surface area (Å²) in [5.41, 5.74) is 1.13. The predicted octanol–water partition coefficient (Wildman–Crippen LogP) is 1.69. The molecule has 4 nitrogen and oxygen atoms in total. The van der Waals surface area contributed by atoms with Crippen LogP contribution in [0.3, 0.4) is 0 Å². The summed E-state index contributed by atoms with van der Waals surface area (Å²) in [6.45, 7) is 3.72. The Kier molecular flexibility index (Phi) is 5.78. The highest BCUT2D eigenvalue weighted by Crippen LogP contribution is 2.12. The fraction of sp³-hybridized carbons (Fsp3) is 0.538. The van der Waals surface area contributed by atoms with Crippen LogP contribution in [0.2, 0.25) is 0 Å². The predicted molar refractivity (Wildman–Crippen MR) is 71.9 cm³/mol. The Morgan fingerprint density at radius 3 is 2.28 bits per heavy atom. The van der Waals surface area contributed by atoms with Gasteiger partial charge in [-0.15, -0.1) is 0 Å². The molecule has 0 aliphatic heterocycles. The third kappa shape index (κ3) is 4.08. The molecule has 0 heterocycles. The van der Waals surface area contributed by atoms with Gasteiger partial charge in [-0.1, -0.05) is 32.4 Å². The zero-order valence-corrected chi connectivity index (χ0v) is 11.7. The number of hydrogen-bond acceptors (Lipinski definition) is 3. The van der Waals surface area contributed by atoms with Crippen molar-refractivity contribution < 1.29 is 13.5 Å². The fourth-order valence-electron chi connectivity index (χ4n) is 1.66. The molecule has 0 amide bonds. The molecule has 0 saturated heterocycles. The maximum Gasteiger partial charge on any atom is 0.240 e. The van der Waals surface area contributed by atoms with Crippen LogP contribution in [-0.2, 0) is 16.4 Å². The summed E-state index contributed by atoms with van der Waals surface area (Å²) in [4.78, 5) is 0.245. The molecule has 102 valence electrons. The molecule has 0 aliphatic carbocycles. The van der Waals surface area contributed by atoms with E-state index >= 15 is 0 Å². The third-order valence-corrected chi connectivity index (χ3v) is 4.34. The van der Waals surface area contributed by atoms with Crippen molar-refractivity contribution in [2.45, 2.75) is 44.0 Å². The normalized spacial score (nSPS) is 13.5. The number of hydrogen-bond donors (Lipinski definition) is 2. The Morgan fingerprint density at radius 1 is 1.22 bits per heavy atom. The highest BCUT2D eigenvalue weighted by atomic mass is 32.2. The first-order chi connectivity index (χ1) is 8.53. The van der Waals surface area contributed by atoms with Gasteiger partial charge in [-0.2, -0.15) is 0 Å². The average Bonchev–Trinajstić information content (AvgIpc) is 2.37. The molecule has 0 bridgehead atoms. The summed E-state index contributed by atoms with van der Waals surface area (Å²) >= 11 is 0. The van der Waals surface area contributed by atoms with Gasteiger partial charge in [-0.05, 0) is 30.5 Å². The van der Waals surface area contributed by atoms with Crippen LogP contribution in [0.4, 0.5) is 0 Å². The zero-order valence-electron chi connectivity index (χ0n) is 10.9. The maximum atomic E-state index is 12.0. The first kappa shape index (κ1) is 15.1. The molecule has 0 radical (unpaired) electrons. The van der Waals surface area contributed by atoms with Gasteiger partial charge in [0.1, 0.15) is 0 Å². The van der Waals surface area contributed by atoms with Crippen LogP contribution in [0.25, 0.3) is 0 Å². The quantitative estimate of drug-likeness (QED) is 0.793. The Morgan fingerprint density at radius 2 is 1.83 bits per heavy atom. The summed E-state index contributed by atoms with van der Waals surface area (Å²) in [6, 6.07) is 6.45. The van der Waals surface area contributed by atoms with Gasteiger partial charge in [0.15, 0.2) is 0 Å². The molecule has 18 heavy (non-hydrogen) atoms. The Labute approximate surface area is 109 Å². The molecule has 0 aliphatic rings. The summed E-state index contributed by atoms with van der Waals surface area (Å²) in [5, 5.41) is 9.02. The lowest BCUT2D eigenvalue weighted by Crippen LogP contribution is -2.36. The number of sulfonamides is 1. The topological polar surface area (TPSA) is 66.4 Å². The van der Waals surface area contributed by atoms with E-state index in [1.165, 1.54) is 0 Å². The highest BCUT2D eigenvalue weighted by molar-refractivity contribution is 7.89. The van der Waals surface area contributed by atoms with Crippen LogP contribution in [0, 0.1) is 0 Å². The largest absolute Gasteiger partial charge is 0.395 e. The van der Waals surface area contributed by atoms with Crippen molar-refractivity contribution in [3.63, 3.8) is 0 Å². The molecule has 2 N–H and O–H groups in total. The van der Waals surface area contributed by atoms with Crippen molar-refractivity contribution in [3.8, 4) is 0 Å². The number of aliphatic hydroxyl groups excluding tert-OH is 1. The Hall–Kier alpha value is -0.910. The minimum Gasteiger partial charge on any atom is -0.395 e. The fourth-order valence-corrected chi connectivity index (χ4v) is 2.97. The average molecular weight is 271 g/mol. The van der Waals surface area contributed by atoms with Crippen molar-refractivity contribution in [1.29, 1.82) is 0 Å². The first-order valence-electron chi connectivity index (χ1n) is 6.25. The smallest absolute Gasteiger partial charge is 0.240 e. The zero-order chi connectivity index (χ0) is 13.6. The second-order valence-corrected chi connectivity index (χ2v) is 6.02. The van der Waals surface area contributed by atoms with Crippen molar-refractivity contribution >= 4 is 10.0 Å². The van der Waals surface area contributed by atoms with E-state index < -0.39 is 16.1 Å². The molecule has 0 saturated carbocycles. The Balaban J connectivity index is 2.84. The van der Waals surface area contributed by atoms with E-state index in [1.54, 1.807) is 12.1 Å². The van der Waals surface area contributed by atoms with Gasteiger partial charge in [0.05, 0.1) is 11.5 Å². The molecule has 1 aromatic carbocycles. The van der Waals surface area contributed by atoms with E-state index in [-0.39, 0.29) is 11.5 Å². The second-order valence-electron chi connectivity index (χ2n) is 4.30. The lowest BCUT2D eigenvalue weighted by molar-refractivity contribution is 0.254.